The van der Waals surface area contributed by atoms with Gasteiger partial charge in [-0.1, -0.05) is 12.1 Å². The number of hydrogen-bond donors (Lipinski definition) is 2. The maximum atomic E-state index is 12.3. The number of rotatable bonds is 4. The zero-order valence-corrected chi connectivity index (χ0v) is 13.2. The zero-order valence-electron chi connectivity index (χ0n) is 13.2. The molecule has 0 bridgehead atoms. The second-order valence-corrected chi connectivity index (χ2v) is 5.86. The molecule has 120 valence electrons. The van der Waals surface area contributed by atoms with Gasteiger partial charge in [0.05, 0.1) is 6.04 Å². The second-order valence-electron chi connectivity index (χ2n) is 5.86. The molecule has 0 unspecified atom stereocenters. The van der Waals surface area contributed by atoms with Gasteiger partial charge in [0.1, 0.15) is 6.04 Å². The van der Waals surface area contributed by atoms with Crippen LogP contribution in [0.4, 0.5) is 5.69 Å². The summed E-state index contributed by atoms with van der Waals surface area (Å²) in [5, 5.41) is 9.98. The summed E-state index contributed by atoms with van der Waals surface area (Å²) < 4.78 is 1.63. The van der Waals surface area contributed by atoms with Crippen LogP contribution in [0.15, 0.2) is 36.7 Å². The Kier molecular flexibility index (Phi) is 4.14. The Balaban J connectivity index is 1.70. The molecule has 2 amide bonds. The van der Waals surface area contributed by atoms with Gasteiger partial charge in [-0.3, -0.25) is 14.3 Å². The van der Waals surface area contributed by atoms with Crippen LogP contribution in [0.5, 0.6) is 0 Å². The zero-order chi connectivity index (χ0) is 16.4. The molecule has 2 aromatic rings. The standard InChI is InChI=1S/C17H20N4O2/c1-11(19-17(23)12(2)21-9-3-8-18-21)13-4-6-15-14(10-13)5-7-16(22)20-15/h3-4,6,8-12H,5,7H2,1-2H3,(H,19,23)(H,20,22)/t11-,12+/m1/s1. The number of carbonyl (C=O) groups is 2. The summed E-state index contributed by atoms with van der Waals surface area (Å²) in [6, 6.07) is 7.23. The maximum absolute atomic E-state index is 12.3. The summed E-state index contributed by atoms with van der Waals surface area (Å²) in [7, 11) is 0. The number of nitrogens with one attached hydrogen (secondary N) is 2. The first kappa shape index (κ1) is 15.3. The number of nitrogens with zero attached hydrogens (tertiary/aromatic N) is 2. The molecular weight excluding hydrogens is 292 g/mol. The van der Waals surface area contributed by atoms with Crippen molar-refractivity contribution >= 4 is 17.5 Å². The molecule has 0 saturated heterocycles. The first-order valence-electron chi connectivity index (χ1n) is 7.77. The highest BCUT2D eigenvalue weighted by Crippen LogP contribution is 2.26. The van der Waals surface area contributed by atoms with Gasteiger partial charge in [0.25, 0.3) is 0 Å². The molecule has 0 saturated carbocycles. The predicted octanol–water partition coefficient (Wildman–Crippen LogP) is 2.21. The molecular formula is C17H20N4O2. The third-order valence-electron chi connectivity index (χ3n) is 4.18. The van der Waals surface area contributed by atoms with E-state index in [0.717, 1.165) is 23.2 Å². The molecule has 6 nitrogen and oxygen atoms in total. The van der Waals surface area contributed by atoms with Crippen LogP contribution in [0.3, 0.4) is 0 Å². The smallest absolute Gasteiger partial charge is 0.245 e. The van der Waals surface area contributed by atoms with Gasteiger partial charge in [-0.25, -0.2) is 0 Å². The van der Waals surface area contributed by atoms with Gasteiger partial charge < -0.3 is 10.6 Å². The van der Waals surface area contributed by atoms with E-state index in [9.17, 15) is 9.59 Å². The van der Waals surface area contributed by atoms with Gasteiger partial charge in [-0.15, -0.1) is 0 Å². The molecule has 1 aliphatic rings. The van der Waals surface area contributed by atoms with Crippen LogP contribution in [0.2, 0.25) is 0 Å². The molecule has 0 radical (unpaired) electrons. The minimum Gasteiger partial charge on any atom is -0.348 e. The molecule has 3 rings (SSSR count). The molecule has 0 aliphatic carbocycles. The highest BCUT2D eigenvalue weighted by Gasteiger charge is 2.20. The van der Waals surface area contributed by atoms with Crippen molar-refractivity contribution in [3.8, 4) is 0 Å². The quantitative estimate of drug-likeness (QED) is 0.909. The highest BCUT2D eigenvalue weighted by atomic mass is 16.2. The Morgan fingerprint density at radius 1 is 1.35 bits per heavy atom. The maximum Gasteiger partial charge on any atom is 0.245 e. The lowest BCUT2D eigenvalue weighted by Gasteiger charge is -2.21. The van der Waals surface area contributed by atoms with E-state index >= 15 is 0 Å². The van der Waals surface area contributed by atoms with E-state index in [1.807, 2.05) is 26.0 Å². The Morgan fingerprint density at radius 2 is 2.17 bits per heavy atom. The molecule has 0 spiro atoms. The van der Waals surface area contributed by atoms with Crippen molar-refractivity contribution in [2.75, 3.05) is 5.32 Å². The van der Waals surface area contributed by atoms with Crippen LogP contribution in [-0.4, -0.2) is 21.6 Å². The summed E-state index contributed by atoms with van der Waals surface area (Å²) in [6.07, 6.45) is 4.67. The van der Waals surface area contributed by atoms with E-state index in [0.29, 0.717) is 6.42 Å². The minimum absolute atomic E-state index is 0.0552. The predicted molar refractivity (Wildman–Crippen MR) is 86.9 cm³/mol. The van der Waals surface area contributed by atoms with Gasteiger partial charge >= 0.3 is 0 Å². The first-order chi connectivity index (χ1) is 11.0. The Morgan fingerprint density at radius 3 is 2.91 bits per heavy atom. The summed E-state index contributed by atoms with van der Waals surface area (Å²) in [4.78, 5) is 23.7. The number of carbonyl (C=O) groups excluding carboxylic acids is 2. The van der Waals surface area contributed by atoms with Crippen molar-refractivity contribution in [1.29, 1.82) is 0 Å². The van der Waals surface area contributed by atoms with E-state index in [4.69, 9.17) is 0 Å². The monoisotopic (exact) mass is 312 g/mol. The van der Waals surface area contributed by atoms with Crippen molar-refractivity contribution in [3.05, 3.63) is 47.8 Å². The molecule has 6 heteroatoms. The van der Waals surface area contributed by atoms with Crippen LogP contribution in [0.25, 0.3) is 0 Å². The highest BCUT2D eigenvalue weighted by molar-refractivity contribution is 5.93. The van der Waals surface area contributed by atoms with Crippen LogP contribution in [0, 0.1) is 0 Å². The topological polar surface area (TPSA) is 76.0 Å². The summed E-state index contributed by atoms with van der Waals surface area (Å²) >= 11 is 0. The van der Waals surface area contributed by atoms with Gasteiger partial charge in [0.2, 0.25) is 11.8 Å². The van der Waals surface area contributed by atoms with E-state index < -0.39 is 0 Å². The lowest BCUT2D eigenvalue weighted by atomic mass is 9.97. The van der Waals surface area contributed by atoms with Crippen molar-refractivity contribution in [1.82, 2.24) is 15.1 Å². The van der Waals surface area contributed by atoms with Crippen LogP contribution in [-0.2, 0) is 16.0 Å². The number of aryl methyl sites for hydroxylation is 1. The van der Waals surface area contributed by atoms with Crippen LogP contribution >= 0.6 is 0 Å². The Hall–Kier alpha value is -2.63. The lowest BCUT2D eigenvalue weighted by molar-refractivity contribution is -0.124. The van der Waals surface area contributed by atoms with E-state index in [-0.39, 0.29) is 23.9 Å². The third-order valence-corrected chi connectivity index (χ3v) is 4.18. The van der Waals surface area contributed by atoms with E-state index in [1.165, 1.54) is 0 Å². The van der Waals surface area contributed by atoms with Crippen LogP contribution < -0.4 is 10.6 Å². The van der Waals surface area contributed by atoms with Gasteiger partial charge in [-0.05, 0) is 43.5 Å². The number of amides is 2. The average Bonchev–Trinajstić information content (AvgIpc) is 3.07. The Labute approximate surface area is 134 Å². The van der Waals surface area contributed by atoms with Gasteiger partial charge in [0.15, 0.2) is 0 Å². The van der Waals surface area contributed by atoms with Gasteiger partial charge in [0, 0.05) is 24.5 Å². The number of hydrogen-bond acceptors (Lipinski definition) is 3. The largest absolute Gasteiger partial charge is 0.348 e. The second kappa shape index (κ2) is 6.24. The van der Waals surface area contributed by atoms with E-state index in [2.05, 4.69) is 21.8 Å². The fourth-order valence-corrected chi connectivity index (χ4v) is 2.72. The van der Waals surface area contributed by atoms with Gasteiger partial charge in [-0.2, -0.15) is 5.10 Å². The lowest BCUT2D eigenvalue weighted by Crippen LogP contribution is -2.33. The number of anilines is 1. The fraction of sp³-hybridized carbons (Fsp3) is 0.353. The molecule has 2 N–H and O–H groups in total. The molecule has 1 aromatic heterocycles. The normalized spacial score (nSPS) is 16.2. The Bertz CT molecular complexity index is 724. The average molecular weight is 312 g/mol. The minimum atomic E-state index is -0.357. The molecule has 1 aromatic carbocycles. The first-order valence-corrected chi connectivity index (χ1v) is 7.77. The molecule has 2 heterocycles. The summed E-state index contributed by atoms with van der Waals surface area (Å²) in [5.41, 5.74) is 3.01. The number of fused-ring (bicyclic) bond motifs is 1. The number of aromatic nitrogens is 2. The SMILES string of the molecule is C[C@@H](NC(=O)[C@H](C)n1cccn1)c1ccc2c(c1)CCC(=O)N2. The van der Waals surface area contributed by atoms with Crippen molar-refractivity contribution < 1.29 is 9.59 Å². The van der Waals surface area contributed by atoms with Crippen molar-refractivity contribution in [2.24, 2.45) is 0 Å². The van der Waals surface area contributed by atoms with Crippen molar-refractivity contribution in [3.63, 3.8) is 0 Å². The third kappa shape index (κ3) is 3.26. The molecule has 2 atom stereocenters. The molecule has 0 fully saturated rings. The fourth-order valence-electron chi connectivity index (χ4n) is 2.72. The van der Waals surface area contributed by atoms with Crippen molar-refractivity contribution in [2.45, 2.75) is 38.8 Å². The summed E-state index contributed by atoms with van der Waals surface area (Å²) in [6.45, 7) is 3.77. The number of benzene rings is 1. The van der Waals surface area contributed by atoms with E-state index in [1.54, 1.807) is 23.1 Å². The molecule has 23 heavy (non-hydrogen) atoms. The van der Waals surface area contributed by atoms with Crippen LogP contribution in [0.1, 0.15) is 43.5 Å². The molecule has 1 aliphatic heterocycles. The summed E-state index contributed by atoms with van der Waals surface area (Å²) in [5.74, 6) is -0.0214.